The maximum absolute atomic E-state index is 12.5. The maximum atomic E-state index is 12.5. The fourth-order valence-electron chi connectivity index (χ4n) is 6.11. The molecule has 49 heavy (non-hydrogen) atoms. The molecule has 258 valence electrons. The van der Waals surface area contributed by atoms with Gasteiger partial charge in [0.15, 0.2) is 34.3 Å². The van der Waals surface area contributed by atoms with Crippen LogP contribution in [0.3, 0.4) is 0 Å². The second-order valence-electron chi connectivity index (χ2n) is 12.3. The summed E-state index contributed by atoms with van der Waals surface area (Å²) in [6, 6.07) is 29.6. The van der Waals surface area contributed by atoms with Crippen molar-refractivity contribution in [1.82, 2.24) is 0 Å². The average Bonchev–Trinajstić information content (AvgIpc) is 3.15. The lowest BCUT2D eigenvalue weighted by Gasteiger charge is -2.27. The molecule has 5 aromatic rings. The van der Waals surface area contributed by atoms with E-state index in [1.165, 1.54) is 11.1 Å². The molecule has 0 saturated carbocycles. The number of morpholine rings is 1. The number of benzene rings is 4. The topological polar surface area (TPSA) is 79.6 Å². The van der Waals surface area contributed by atoms with E-state index in [9.17, 15) is 4.79 Å². The van der Waals surface area contributed by atoms with Crippen LogP contribution in [0.25, 0.3) is 22.1 Å². The van der Waals surface area contributed by atoms with Crippen LogP contribution in [0.1, 0.15) is 25.0 Å². The van der Waals surface area contributed by atoms with Gasteiger partial charge in [0.25, 0.3) is 0 Å². The van der Waals surface area contributed by atoms with E-state index in [1.807, 2.05) is 60.7 Å². The van der Waals surface area contributed by atoms with Gasteiger partial charge in [-0.05, 0) is 71.7 Å². The lowest BCUT2D eigenvalue weighted by molar-refractivity contribution is 0.121. The summed E-state index contributed by atoms with van der Waals surface area (Å²) in [6.45, 7) is 7.37. The Hall–Kier alpha value is -4.95. The number of para-hydroxylation sites is 1. The van der Waals surface area contributed by atoms with Crippen LogP contribution in [-0.4, -0.2) is 54.7 Å². The van der Waals surface area contributed by atoms with Crippen molar-refractivity contribution in [2.75, 3.05) is 59.6 Å². The van der Waals surface area contributed by atoms with Crippen molar-refractivity contribution in [1.29, 1.82) is 0 Å². The molecule has 1 aliphatic heterocycles. The van der Waals surface area contributed by atoms with E-state index in [0.29, 0.717) is 41.9 Å². The highest BCUT2D eigenvalue weighted by atomic mass is 16.5. The third-order valence-corrected chi connectivity index (χ3v) is 9.13. The number of methoxy groups -OCH3 is 4. The minimum Gasteiger partial charge on any atom is -0.493 e. The van der Waals surface area contributed by atoms with Crippen LogP contribution in [0.5, 0.6) is 23.0 Å². The fourth-order valence-corrected chi connectivity index (χ4v) is 6.11. The van der Waals surface area contributed by atoms with Gasteiger partial charge in [-0.3, -0.25) is 4.79 Å². The quantitative estimate of drug-likeness (QED) is 0.140. The number of nitrogens with zero attached hydrogens (tertiary/aromatic N) is 1. The number of hydrogen-bond acceptors (Lipinski definition) is 8. The molecule has 0 N–H and O–H groups in total. The van der Waals surface area contributed by atoms with Crippen molar-refractivity contribution in [3.8, 4) is 34.1 Å². The highest BCUT2D eigenvalue weighted by Crippen LogP contribution is 2.33. The predicted octanol–water partition coefficient (Wildman–Crippen LogP) is 8.08. The van der Waals surface area contributed by atoms with Crippen LogP contribution in [0.15, 0.2) is 100 Å². The van der Waals surface area contributed by atoms with Gasteiger partial charge in [-0.25, -0.2) is 0 Å². The van der Waals surface area contributed by atoms with E-state index in [4.69, 9.17) is 28.1 Å². The number of rotatable bonds is 11. The largest absolute Gasteiger partial charge is 0.493 e. The zero-order valence-corrected chi connectivity index (χ0v) is 29.4. The van der Waals surface area contributed by atoms with Crippen LogP contribution in [0.2, 0.25) is 0 Å². The summed E-state index contributed by atoms with van der Waals surface area (Å²) in [5, 5.41) is 0.614. The minimum atomic E-state index is -0.00878. The Morgan fingerprint density at radius 2 is 1.20 bits per heavy atom. The molecule has 8 heteroatoms. The molecule has 1 aliphatic rings. The smallest absolute Gasteiger partial charge is 0.200 e. The first-order valence-corrected chi connectivity index (χ1v) is 16.7. The third kappa shape index (κ3) is 8.75. The maximum Gasteiger partial charge on any atom is 0.200 e. The van der Waals surface area contributed by atoms with Crippen molar-refractivity contribution in [2.45, 2.75) is 26.7 Å². The number of anilines is 1. The van der Waals surface area contributed by atoms with Gasteiger partial charge in [0, 0.05) is 24.7 Å². The van der Waals surface area contributed by atoms with Crippen LogP contribution in [0.4, 0.5) is 5.88 Å². The Bertz CT molecular complexity index is 1800. The lowest BCUT2D eigenvalue weighted by atomic mass is 9.85. The van der Waals surface area contributed by atoms with E-state index < -0.39 is 0 Å². The Kier molecular flexibility index (Phi) is 12.2. The Morgan fingerprint density at radius 1 is 0.653 bits per heavy atom. The first-order chi connectivity index (χ1) is 23.8. The first-order valence-electron chi connectivity index (χ1n) is 16.7. The Balaban J connectivity index is 0.000000192. The van der Waals surface area contributed by atoms with Gasteiger partial charge < -0.3 is 33.0 Å². The van der Waals surface area contributed by atoms with Gasteiger partial charge in [0.1, 0.15) is 5.58 Å². The van der Waals surface area contributed by atoms with Crippen LogP contribution in [-0.2, 0) is 17.6 Å². The summed E-state index contributed by atoms with van der Waals surface area (Å²) in [5.41, 5.74) is 5.14. The summed E-state index contributed by atoms with van der Waals surface area (Å²) in [7, 11) is 6.66. The molecular formula is C41H47NO7. The fraction of sp³-hybridized carbons (Fsp3) is 0.341. The number of hydrogen-bond donors (Lipinski definition) is 0. The lowest BCUT2D eigenvalue weighted by Crippen LogP contribution is -2.36. The van der Waals surface area contributed by atoms with E-state index in [2.05, 4.69) is 43.0 Å². The SMILES string of the molecule is COc1ccc(C[C@@H](C)[C@@H](C)Cc2ccc(OC)c(OC)c2)cc1OC.O=c1cc(N2CCOCC2)oc2c(-c3ccccc3)cccc12. The molecule has 8 nitrogen and oxygen atoms in total. The summed E-state index contributed by atoms with van der Waals surface area (Å²) in [6.07, 6.45) is 1.99. The van der Waals surface area contributed by atoms with Gasteiger partial charge in [0.05, 0.1) is 47.0 Å². The summed E-state index contributed by atoms with van der Waals surface area (Å²) >= 11 is 0. The van der Waals surface area contributed by atoms with Gasteiger partial charge in [-0.1, -0.05) is 68.4 Å². The Morgan fingerprint density at radius 3 is 1.73 bits per heavy atom. The molecule has 0 radical (unpaired) electrons. The third-order valence-electron chi connectivity index (χ3n) is 9.13. The molecule has 0 amide bonds. The zero-order chi connectivity index (χ0) is 34.8. The normalized spacial score (nSPS) is 14.0. The molecule has 6 rings (SSSR count). The molecule has 0 unspecified atom stereocenters. The zero-order valence-electron chi connectivity index (χ0n) is 29.4. The molecule has 2 heterocycles. The average molecular weight is 666 g/mol. The summed E-state index contributed by atoms with van der Waals surface area (Å²) < 4.78 is 33.0. The molecule has 1 saturated heterocycles. The first kappa shape index (κ1) is 35.4. The summed E-state index contributed by atoms with van der Waals surface area (Å²) in [5.74, 6) is 4.77. The standard InChI is InChI=1S/C22H30O4.C19H17NO3/c1-15(11-17-7-9-19(23-3)21(13-17)25-5)16(2)12-18-8-10-20(24-4)22(14-18)26-6;21-17-13-18(20-9-11-22-12-10-20)23-19-15(7-4-8-16(17)19)14-5-2-1-3-6-14/h7-10,13-16H,11-12H2,1-6H3;1-8,13H,9-12H2/t15-,16+;. The monoisotopic (exact) mass is 665 g/mol. The molecule has 1 aromatic heterocycles. The van der Waals surface area contributed by atoms with Gasteiger partial charge >= 0.3 is 0 Å². The van der Waals surface area contributed by atoms with Crippen molar-refractivity contribution < 1.29 is 28.1 Å². The van der Waals surface area contributed by atoms with Crippen LogP contribution < -0.4 is 29.3 Å². The highest BCUT2D eigenvalue weighted by molar-refractivity contribution is 5.92. The van der Waals surface area contributed by atoms with E-state index in [1.54, 1.807) is 34.5 Å². The van der Waals surface area contributed by atoms with Gasteiger partial charge in [-0.15, -0.1) is 0 Å². The van der Waals surface area contributed by atoms with E-state index in [-0.39, 0.29) is 5.43 Å². The molecule has 1 fully saturated rings. The van der Waals surface area contributed by atoms with Crippen molar-refractivity contribution >= 4 is 16.9 Å². The highest BCUT2D eigenvalue weighted by Gasteiger charge is 2.18. The van der Waals surface area contributed by atoms with Crippen molar-refractivity contribution in [3.05, 3.63) is 112 Å². The second-order valence-corrected chi connectivity index (χ2v) is 12.3. The molecule has 0 bridgehead atoms. The van der Waals surface area contributed by atoms with Crippen molar-refractivity contribution in [3.63, 3.8) is 0 Å². The molecular weight excluding hydrogens is 618 g/mol. The van der Waals surface area contributed by atoms with Gasteiger partial charge in [-0.2, -0.15) is 0 Å². The second kappa shape index (κ2) is 16.9. The predicted molar refractivity (Wildman–Crippen MR) is 196 cm³/mol. The minimum absolute atomic E-state index is 0.00878. The van der Waals surface area contributed by atoms with Gasteiger partial charge in [0.2, 0.25) is 0 Å². The number of fused-ring (bicyclic) bond motifs is 1. The molecule has 2 atom stereocenters. The molecule has 0 aliphatic carbocycles. The Labute approximate surface area is 289 Å². The van der Waals surface area contributed by atoms with E-state index >= 15 is 0 Å². The van der Waals surface area contributed by atoms with Crippen molar-refractivity contribution in [2.24, 2.45) is 11.8 Å². The summed E-state index contributed by atoms with van der Waals surface area (Å²) in [4.78, 5) is 14.6. The van der Waals surface area contributed by atoms with Crippen LogP contribution in [0, 0.1) is 11.8 Å². The van der Waals surface area contributed by atoms with Crippen LogP contribution >= 0.6 is 0 Å². The molecule has 0 spiro atoms. The molecule has 4 aromatic carbocycles. The van der Waals surface area contributed by atoms with E-state index in [0.717, 1.165) is 60.1 Å². The number of ether oxygens (including phenoxy) is 5.